The zero-order valence-corrected chi connectivity index (χ0v) is 16.2. The first-order valence-corrected chi connectivity index (χ1v) is 9.17. The molecule has 0 atom stereocenters. The van der Waals surface area contributed by atoms with Crippen LogP contribution in [0.4, 0.5) is 0 Å². The fraction of sp³-hybridized carbons (Fsp3) is 0.579. The molecule has 146 valence electrons. The van der Waals surface area contributed by atoms with Gasteiger partial charge in [0.1, 0.15) is 23.0 Å². The number of hydrogen-bond acceptors (Lipinski definition) is 6. The number of aromatic nitrogens is 2. The van der Waals surface area contributed by atoms with Crippen LogP contribution in [-0.4, -0.2) is 46.0 Å². The quantitative estimate of drug-likeness (QED) is 0.759. The van der Waals surface area contributed by atoms with Crippen molar-refractivity contribution in [2.45, 2.75) is 45.6 Å². The van der Waals surface area contributed by atoms with Crippen molar-refractivity contribution in [3.8, 4) is 0 Å². The summed E-state index contributed by atoms with van der Waals surface area (Å²) in [7, 11) is 3.28. The van der Waals surface area contributed by atoms with Gasteiger partial charge in [0.25, 0.3) is 11.5 Å². The average molecular weight is 375 g/mol. The highest BCUT2D eigenvalue weighted by Gasteiger charge is 2.27. The number of likely N-dealkylation sites (N-methyl/N-ethyl adjacent to an activating group) is 1. The molecule has 1 saturated carbocycles. The number of hydrogen-bond donors (Lipinski definition) is 0. The predicted octanol–water partition coefficient (Wildman–Crippen LogP) is 2.03. The topological polar surface area (TPSA) is 94.6 Å². The summed E-state index contributed by atoms with van der Waals surface area (Å²) in [6, 6.07) is 0.181. The van der Waals surface area contributed by atoms with Gasteiger partial charge in [-0.15, -0.1) is 0 Å². The number of amides is 1. The van der Waals surface area contributed by atoms with E-state index in [0.29, 0.717) is 5.92 Å². The summed E-state index contributed by atoms with van der Waals surface area (Å²) >= 11 is 0. The first kappa shape index (κ1) is 19.1. The van der Waals surface area contributed by atoms with E-state index in [2.05, 4.69) is 11.9 Å². The number of esters is 1. The van der Waals surface area contributed by atoms with Crippen LogP contribution in [0, 0.1) is 12.8 Å². The number of fused-ring (bicyclic) bond motifs is 1. The highest BCUT2D eigenvalue weighted by atomic mass is 16.5. The Morgan fingerprint density at radius 1 is 1.33 bits per heavy atom. The molecule has 2 aromatic rings. The Kier molecular flexibility index (Phi) is 5.34. The highest BCUT2D eigenvalue weighted by Crippen LogP contribution is 2.26. The largest absolute Gasteiger partial charge is 0.452 e. The highest BCUT2D eigenvalue weighted by molar-refractivity contribution is 6.03. The van der Waals surface area contributed by atoms with E-state index >= 15 is 0 Å². The van der Waals surface area contributed by atoms with Crippen molar-refractivity contribution >= 4 is 23.0 Å². The number of carbonyl (C=O) groups excluding carboxylic acids is 2. The van der Waals surface area contributed by atoms with Crippen molar-refractivity contribution < 1.29 is 18.7 Å². The Bertz CT molecular complexity index is 921. The molecule has 0 aliphatic heterocycles. The van der Waals surface area contributed by atoms with Crippen LogP contribution in [0.5, 0.6) is 0 Å². The SMILES string of the molecule is Cc1oc2ncn(C)c(=O)c2c1C(=O)OCC(=O)N(C)C1CCC(C)CC1. The van der Waals surface area contributed by atoms with Gasteiger partial charge in [0, 0.05) is 20.1 Å². The molecule has 0 aromatic carbocycles. The van der Waals surface area contributed by atoms with Crippen LogP contribution in [0.2, 0.25) is 0 Å². The van der Waals surface area contributed by atoms with Crippen molar-refractivity contribution in [2.75, 3.05) is 13.7 Å². The van der Waals surface area contributed by atoms with Gasteiger partial charge < -0.3 is 18.6 Å². The minimum absolute atomic E-state index is 0.0284. The maximum absolute atomic E-state index is 12.5. The molecular formula is C19H25N3O5. The van der Waals surface area contributed by atoms with Crippen molar-refractivity contribution in [1.29, 1.82) is 0 Å². The second-order valence-corrected chi connectivity index (χ2v) is 7.37. The van der Waals surface area contributed by atoms with Crippen LogP contribution in [0.1, 0.15) is 48.7 Å². The Labute approximate surface area is 157 Å². The molecule has 0 spiro atoms. The first-order chi connectivity index (χ1) is 12.8. The molecule has 27 heavy (non-hydrogen) atoms. The van der Waals surface area contributed by atoms with Gasteiger partial charge in [0.2, 0.25) is 5.71 Å². The van der Waals surface area contributed by atoms with Crippen molar-refractivity contribution in [2.24, 2.45) is 13.0 Å². The monoisotopic (exact) mass is 375 g/mol. The van der Waals surface area contributed by atoms with E-state index in [1.165, 1.54) is 17.9 Å². The second kappa shape index (κ2) is 7.54. The molecule has 0 unspecified atom stereocenters. The van der Waals surface area contributed by atoms with E-state index in [4.69, 9.17) is 9.15 Å². The third-order valence-corrected chi connectivity index (χ3v) is 5.41. The zero-order chi connectivity index (χ0) is 19.7. The Morgan fingerprint density at radius 2 is 2.00 bits per heavy atom. The molecule has 3 rings (SSSR count). The second-order valence-electron chi connectivity index (χ2n) is 7.37. The van der Waals surface area contributed by atoms with Gasteiger partial charge in [0.15, 0.2) is 6.61 Å². The number of furan rings is 1. The summed E-state index contributed by atoms with van der Waals surface area (Å²) in [5.74, 6) is -0.0706. The van der Waals surface area contributed by atoms with Gasteiger partial charge in [-0.05, 0) is 38.5 Å². The Morgan fingerprint density at radius 3 is 2.67 bits per heavy atom. The number of rotatable bonds is 4. The maximum Gasteiger partial charge on any atom is 0.343 e. The molecule has 1 aliphatic carbocycles. The minimum Gasteiger partial charge on any atom is -0.452 e. The molecule has 1 fully saturated rings. The molecule has 8 heteroatoms. The van der Waals surface area contributed by atoms with Gasteiger partial charge >= 0.3 is 5.97 Å². The van der Waals surface area contributed by atoms with Gasteiger partial charge in [-0.3, -0.25) is 9.59 Å². The van der Waals surface area contributed by atoms with Crippen molar-refractivity contribution in [3.63, 3.8) is 0 Å². The minimum atomic E-state index is -0.754. The third kappa shape index (κ3) is 3.74. The lowest BCUT2D eigenvalue weighted by atomic mass is 9.87. The van der Waals surface area contributed by atoms with Crippen LogP contribution in [0.3, 0.4) is 0 Å². The number of nitrogens with zero attached hydrogens (tertiary/aromatic N) is 3. The fourth-order valence-electron chi connectivity index (χ4n) is 3.57. The summed E-state index contributed by atoms with van der Waals surface area (Å²) in [4.78, 5) is 42.9. The van der Waals surface area contributed by atoms with E-state index in [0.717, 1.165) is 25.7 Å². The molecule has 0 N–H and O–H groups in total. The molecule has 2 aromatic heterocycles. The van der Waals surface area contributed by atoms with Crippen molar-refractivity contribution in [3.05, 3.63) is 28.0 Å². The molecule has 1 amide bonds. The normalized spacial score (nSPS) is 19.9. The van der Waals surface area contributed by atoms with E-state index in [1.807, 2.05) is 0 Å². The molecule has 1 aliphatic rings. The van der Waals surface area contributed by atoms with E-state index in [-0.39, 0.29) is 41.0 Å². The number of aryl methyl sites for hydroxylation is 2. The molecule has 0 radical (unpaired) electrons. The first-order valence-electron chi connectivity index (χ1n) is 9.17. The summed E-state index contributed by atoms with van der Waals surface area (Å²) < 4.78 is 11.9. The molecular weight excluding hydrogens is 350 g/mol. The Hall–Kier alpha value is -2.64. The van der Waals surface area contributed by atoms with Gasteiger partial charge in [-0.25, -0.2) is 9.78 Å². The molecule has 0 bridgehead atoms. The lowest BCUT2D eigenvalue weighted by Gasteiger charge is -2.33. The molecule has 2 heterocycles. The van der Waals surface area contributed by atoms with Gasteiger partial charge in [-0.1, -0.05) is 6.92 Å². The van der Waals surface area contributed by atoms with Crippen molar-refractivity contribution in [1.82, 2.24) is 14.5 Å². The Balaban J connectivity index is 1.70. The standard InChI is InChI=1S/C19H25N3O5/c1-11-5-7-13(8-6-11)22(4)14(23)9-26-19(25)15-12(2)27-17-16(15)18(24)21(3)10-20-17/h10-11,13H,5-9H2,1-4H3. The molecule has 8 nitrogen and oxygen atoms in total. The van der Waals surface area contributed by atoms with Crippen LogP contribution < -0.4 is 5.56 Å². The number of ether oxygens (including phenoxy) is 1. The van der Waals surface area contributed by atoms with E-state index < -0.39 is 11.5 Å². The average Bonchev–Trinajstić information content (AvgIpc) is 2.99. The lowest BCUT2D eigenvalue weighted by molar-refractivity contribution is -0.136. The summed E-state index contributed by atoms with van der Waals surface area (Å²) in [6.07, 6.45) is 5.44. The van der Waals surface area contributed by atoms with E-state index in [1.54, 1.807) is 18.9 Å². The lowest BCUT2D eigenvalue weighted by Crippen LogP contribution is -2.41. The smallest absolute Gasteiger partial charge is 0.343 e. The third-order valence-electron chi connectivity index (χ3n) is 5.41. The van der Waals surface area contributed by atoms with Crippen LogP contribution in [0.15, 0.2) is 15.5 Å². The predicted molar refractivity (Wildman–Crippen MR) is 98.5 cm³/mol. The van der Waals surface area contributed by atoms with Crippen LogP contribution in [0.25, 0.3) is 11.1 Å². The summed E-state index contributed by atoms with van der Waals surface area (Å²) in [5.41, 5.74) is -0.286. The maximum atomic E-state index is 12.5. The van der Waals surface area contributed by atoms with Gasteiger partial charge in [0.05, 0.1) is 0 Å². The van der Waals surface area contributed by atoms with E-state index in [9.17, 15) is 14.4 Å². The summed E-state index contributed by atoms with van der Waals surface area (Å²) in [6.45, 7) is 3.42. The fourth-order valence-corrected chi connectivity index (χ4v) is 3.57. The zero-order valence-electron chi connectivity index (χ0n) is 16.2. The van der Waals surface area contributed by atoms with Crippen LogP contribution in [-0.2, 0) is 16.6 Å². The molecule has 0 saturated heterocycles. The van der Waals surface area contributed by atoms with Gasteiger partial charge in [-0.2, -0.15) is 0 Å². The summed E-state index contributed by atoms with van der Waals surface area (Å²) in [5, 5.41) is 0.0737. The van der Waals surface area contributed by atoms with Crippen LogP contribution >= 0.6 is 0 Å². The number of carbonyl (C=O) groups is 2.